The zero-order valence-corrected chi connectivity index (χ0v) is 15.3. The van der Waals surface area contributed by atoms with Crippen LogP contribution < -0.4 is 4.90 Å². The van der Waals surface area contributed by atoms with Gasteiger partial charge in [0.2, 0.25) is 0 Å². The first-order valence-electron chi connectivity index (χ1n) is 9.12. The van der Waals surface area contributed by atoms with Crippen LogP contribution in [0.3, 0.4) is 0 Å². The van der Waals surface area contributed by atoms with E-state index in [1.54, 1.807) is 29.2 Å². The molecule has 4 heteroatoms. The normalized spacial score (nSPS) is 19.2. The number of hydrogen-bond acceptors (Lipinski definition) is 3. The third kappa shape index (κ3) is 3.91. The van der Waals surface area contributed by atoms with Gasteiger partial charge in [0.1, 0.15) is 0 Å². The van der Waals surface area contributed by atoms with Crippen LogP contribution in [0.5, 0.6) is 0 Å². The van der Waals surface area contributed by atoms with Gasteiger partial charge in [-0.1, -0.05) is 73.7 Å². The van der Waals surface area contributed by atoms with E-state index >= 15 is 0 Å². The number of benzene rings is 2. The Morgan fingerprint density at radius 2 is 1.78 bits per heavy atom. The Balaban J connectivity index is 1.74. The lowest BCUT2D eigenvalue weighted by atomic mass is 9.90. The van der Waals surface area contributed by atoms with E-state index in [1.165, 1.54) is 6.08 Å². The smallest absolute Gasteiger partial charge is 0.264 e. The summed E-state index contributed by atoms with van der Waals surface area (Å²) in [5.74, 6) is -0.719. The molecule has 0 aliphatic carbocycles. The molecule has 2 aromatic rings. The average Bonchev–Trinajstić information content (AvgIpc) is 2.89. The minimum absolute atomic E-state index is 0.265. The summed E-state index contributed by atoms with van der Waals surface area (Å²) in [4.78, 5) is 26.8. The molecule has 1 N–H and O–H groups in total. The van der Waals surface area contributed by atoms with Crippen molar-refractivity contribution in [2.24, 2.45) is 0 Å². The van der Waals surface area contributed by atoms with Crippen LogP contribution in [0.25, 0.3) is 6.08 Å². The van der Waals surface area contributed by atoms with E-state index in [0.29, 0.717) is 17.8 Å². The van der Waals surface area contributed by atoms with E-state index in [9.17, 15) is 14.7 Å². The van der Waals surface area contributed by atoms with Crippen molar-refractivity contribution in [3.05, 3.63) is 84.0 Å². The fourth-order valence-electron chi connectivity index (χ4n) is 3.33. The number of aliphatic hydroxyl groups is 1. The highest BCUT2D eigenvalue weighted by Gasteiger charge is 2.50. The van der Waals surface area contributed by atoms with Crippen LogP contribution in [-0.4, -0.2) is 23.3 Å². The Morgan fingerprint density at radius 3 is 2.52 bits per heavy atom. The summed E-state index contributed by atoms with van der Waals surface area (Å²) in [7, 11) is 0. The lowest BCUT2D eigenvalue weighted by Crippen LogP contribution is -2.41. The quantitative estimate of drug-likeness (QED) is 0.602. The number of nitrogens with zero attached hydrogens (tertiary/aromatic N) is 1. The fourth-order valence-corrected chi connectivity index (χ4v) is 3.33. The van der Waals surface area contributed by atoms with E-state index in [4.69, 9.17) is 0 Å². The zero-order chi connectivity index (χ0) is 19.3. The van der Waals surface area contributed by atoms with Crippen molar-refractivity contribution < 1.29 is 14.7 Å². The minimum Gasteiger partial charge on any atom is -0.375 e. The minimum atomic E-state index is -1.80. The second-order valence-electron chi connectivity index (χ2n) is 6.61. The zero-order valence-electron chi connectivity index (χ0n) is 15.3. The van der Waals surface area contributed by atoms with Gasteiger partial charge in [0.25, 0.3) is 5.91 Å². The first-order valence-corrected chi connectivity index (χ1v) is 9.12. The summed E-state index contributed by atoms with van der Waals surface area (Å²) in [6.45, 7) is 2.49. The number of allylic oxidation sites excluding steroid dienone is 3. The molecule has 0 fully saturated rings. The van der Waals surface area contributed by atoms with Crippen LogP contribution in [0.4, 0.5) is 5.69 Å². The van der Waals surface area contributed by atoms with Crippen LogP contribution in [0.1, 0.15) is 30.9 Å². The highest BCUT2D eigenvalue weighted by atomic mass is 16.3. The Kier molecular flexibility index (Phi) is 5.67. The van der Waals surface area contributed by atoms with Crippen LogP contribution in [0.2, 0.25) is 0 Å². The number of rotatable bonds is 7. The topological polar surface area (TPSA) is 57.6 Å². The van der Waals surface area contributed by atoms with Gasteiger partial charge < -0.3 is 10.0 Å². The molecule has 0 unspecified atom stereocenters. The highest BCUT2D eigenvalue weighted by molar-refractivity contribution is 6.09. The molecule has 138 valence electrons. The van der Waals surface area contributed by atoms with Crippen molar-refractivity contribution >= 4 is 23.5 Å². The monoisotopic (exact) mass is 361 g/mol. The number of fused-ring (bicyclic) bond motifs is 1. The summed E-state index contributed by atoms with van der Waals surface area (Å²) >= 11 is 0. The lowest BCUT2D eigenvalue weighted by molar-refractivity contribution is -0.140. The fraction of sp³-hybridized carbons (Fsp3) is 0.217. The van der Waals surface area contributed by atoms with Gasteiger partial charge in [0.15, 0.2) is 11.4 Å². The molecule has 0 spiro atoms. The summed E-state index contributed by atoms with van der Waals surface area (Å²) in [5, 5.41) is 11.1. The van der Waals surface area contributed by atoms with E-state index in [2.05, 4.69) is 0 Å². The van der Waals surface area contributed by atoms with Crippen molar-refractivity contribution in [3.8, 4) is 0 Å². The third-order valence-corrected chi connectivity index (χ3v) is 4.60. The number of anilines is 1. The number of ketones is 1. The molecule has 2 aromatic carbocycles. The molecule has 0 saturated carbocycles. The summed E-state index contributed by atoms with van der Waals surface area (Å²) in [6.07, 6.45) is 7.19. The van der Waals surface area contributed by atoms with E-state index in [-0.39, 0.29) is 12.2 Å². The standard InChI is InChI=1S/C23H23NO3/c1-2-16-24-21-15-9-8-14-20(21)23(27,22(24)26)17-19(25)13-7-6-12-18-10-4-3-5-11-18/h3-15,27H,2,16-17H2,1H3/b12-6+,13-7+/t23-/m0/s1. The number of para-hydroxylation sites is 1. The lowest BCUT2D eigenvalue weighted by Gasteiger charge is -2.21. The van der Waals surface area contributed by atoms with Crippen LogP contribution in [0, 0.1) is 0 Å². The first kappa shape index (κ1) is 18.8. The molecule has 1 amide bonds. The van der Waals surface area contributed by atoms with Gasteiger partial charge in [-0.15, -0.1) is 0 Å². The molecule has 1 aliphatic rings. The number of carbonyl (C=O) groups is 2. The number of amides is 1. The molecule has 27 heavy (non-hydrogen) atoms. The van der Waals surface area contributed by atoms with Gasteiger partial charge >= 0.3 is 0 Å². The van der Waals surface area contributed by atoms with Gasteiger partial charge in [-0.25, -0.2) is 0 Å². The number of hydrogen-bond donors (Lipinski definition) is 1. The maximum absolute atomic E-state index is 12.8. The summed E-state index contributed by atoms with van der Waals surface area (Å²) in [6, 6.07) is 16.9. The van der Waals surface area contributed by atoms with Gasteiger partial charge in [0.05, 0.1) is 12.1 Å². The SMILES string of the molecule is CCCN1C(=O)[C@](O)(CC(=O)/C=C/C=C/c2ccccc2)c2ccccc21. The molecule has 1 atom stereocenters. The third-order valence-electron chi connectivity index (χ3n) is 4.60. The van der Waals surface area contributed by atoms with Gasteiger partial charge in [-0.05, 0) is 24.1 Å². The highest BCUT2D eigenvalue weighted by Crippen LogP contribution is 2.42. The second kappa shape index (κ2) is 8.14. The van der Waals surface area contributed by atoms with E-state index < -0.39 is 11.5 Å². The van der Waals surface area contributed by atoms with Crippen molar-refractivity contribution in [2.75, 3.05) is 11.4 Å². The molecule has 1 aliphatic heterocycles. The number of carbonyl (C=O) groups excluding carboxylic acids is 2. The largest absolute Gasteiger partial charge is 0.375 e. The molecule has 3 rings (SSSR count). The summed E-state index contributed by atoms with van der Waals surface area (Å²) < 4.78 is 0. The Morgan fingerprint density at radius 1 is 1.07 bits per heavy atom. The van der Waals surface area contributed by atoms with Crippen LogP contribution in [0.15, 0.2) is 72.8 Å². The molecular weight excluding hydrogens is 338 g/mol. The Bertz CT molecular complexity index is 886. The van der Waals surface area contributed by atoms with E-state index in [1.807, 2.05) is 55.5 Å². The van der Waals surface area contributed by atoms with Gasteiger partial charge in [-0.3, -0.25) is 9.59 Å². The molecule has 0 saturated heterocycles. The van der Waals surface area contributed by atoms with Crippen molar-refractivity contribution in [2.45, 2.75) is 25.4 Å². The molecule has 1 heterocycles. The van der Waals surface area contributed by atoms with Gasteiger partial charge in [0, 0.05) is 12.1 Å². The molecule has 4 nitrogen and oxygen atoms in total. The van der Waals surface area contributed by atoms with E-state index in [0.717, 1.165) is 12.0 Å². The summed E-state index contributed by atoms with van der Waals surface area (Å²) in [5.41, 5.74) is 0.428. The van der Waals surface area contributed by atoms with Gasteiger partial charge in [-0.2, -0.15) is 0 Å². The average molecular weight is 361 g/mol. The van der Waals surface area contributed by atoms with Crippen LogP contribution in [-0.2, 0) is 15.2 Å². The predicted molar refractivity (Wildman–Crippen MR) is 107 cm³/mol. The maximum Gasteiger partial charge on any atom is 0.264 e. The maximum atomic E-state index is 12.8. The van der Waals surface area contributed by atoms with Crippen molar-refractivity contribution in [1.29, 1.82) is 0 Å². The van der Waals surface area contributed by atoms with Crippen molar-refractivity contribution in [3.63, 3.8) is 0 Å². The predicted octanol–water partition coefficient (Wildman–Crippen LogP) is 3.86. The molecule has 0 aromatic heterocycles. The molecule has 0 radical (unpaired) electrons. The Labute approximate surface area is 159 Å². The second-order valence-corrected chi connectivity index (χ2v) is 6.61. The molecule has 0 bridgehead atoms. The van der Waals surface area contributed by atoms with Crippen molar-refractivity contribution in [1.82, 2.24) is 0 Å². The molecular formula is C23H23NO3. The first-order chi connectivity index (χ1) is 13.1. The Hall–Kier alpha value is -2.98. The van der Waals surface area contributed by atoms with Crippen LogP contribution >= 0.6 is 0 Å².